The van der Waals surface area contributed by atoms with Crippen LogP contribution in [-0.2, 0) is 4.79 Å². The Labute approximate surface area is 176 Å². The lowest BCUT2D eigenvalue weighted by atomic mass is 10.2. The van der Waals surface area contributed by atoms with E-state index in [2.05, 4.69) is 32.1 Å². The Morgan fingerprint density at radius 3 is 2.36 bits per heavy atom. The van der Waals surface area contributed by atoms with Crippen LogP contribution in [0, 0.1) is 0 Å². The number of carbonyl (C=O) groups is 2. The molecule has 9 heteroatoms. The van der Waals surface area contributed by atoms with Crippen LogP contribution in [0.4, 0.5) is 0 Å². The zero-order valence-corrected chi connectivity index (χ0v) is 17.5. The highest BCUT2D eigenvalue weighted by molar-refractivity contribution is 9.10. The Bertz CT molecular complexity index is 901. The van der Waals surface area contributed by atoms with E-state index in [9.17, 15) is 9.59 Å². The number of hydrogen-bond acceptors (Lipinski definition) is 5. The molecule has 0 heterocycles. The van der Waals surface area contributed by atoms with Crippen molar-refractivity contribution in [2.75, 3.05) is 14.2 Å². The van der Waals surface area contributed by atoms with Crippen LogP contribution in [-0.4, -0.2) is 31.1 Å². The number of methoxy groups -OCH3 is 2. The van der Waals surface area contributed by atoms with Gasteiger partial charge in [0, 0.05) is 11.6 Å². The average molecular weight is 464 g/mol. The van der Waals surface area contributed by atoms with Crippen molar-refractivity contribution >= 4 is 51.2 Å². The van der Waals surface area contributed by atoms with Gasteiger partial charge in [-0.25, -0.2) is 0 Å². The van der Waals surface area contributed by atoms with Gasteiger partial charge in [-0.15, -0.1) is 0 Å². The Kier molecular flexibility index (Phi) is 7.97. The SMILES string of the molecule is COc1ccc(C=CC(=O)NC(=S)NNC(=O)c2ccc(OC)c(Br)c2)cc1. The maximum absolute atomic E-state index is 12.1. The minimum absolute atomic E-state index is 0.0368. The lowest BCUT2D eigenvalue weighted by molar-refractivity contribution is -0.115. The summed E-state index contributed by atoms with van der Waals surface area (Å²) in [7, 11) is 3.12. The van der Waals surface area contributed by atoms with Crippen molar-refractivity contribution in [1.29, 1.82) is 0 Å². The standard InChI is InChI=1S/C19H18BrN3O4S/c1-26-14-7-3-12(4-8-14)5-10-17(24)21-19(28)23-22-18(25)13-6-9-16(27-2)15(20)11-13/h3-11H,1-2H3,(H,22,25)(H2,21,23,24,28). The number of ether oxygens (including phenoxy) is 2. The van der Waals surface area contributed by atoms with Gasteiger partial charge < -0.3 is 9.47 Å². The van der Waals surface area contributed by atoms with Gasteiger partial charge in [-0.1, -0.05) is 12.1 Å². The van der Waals surface area contributed by atoms with Crippen molar-refractivity contribution < 1.29 is 19.1 Å². The molecular formula is C19H18BrN3O4S. The first-order valence-corrected chi connectivity index (χ1v) is 9.20. The highest BCUT2D eigenvalue weighted by Crippen LogP contribution is 2.25. The summed E-state index contributed by atoms with van der Waals surface area (Å²) in [5.74, 6) is 0.478. The number of benzene rings is 2. The van der Waals surface area contributed by atoms with Crippen LogP contribution < -0.4 is 25.6 Å². The van der Waals surface area contributed by atoms with Crippen molar-refractivity contribution in [3.8, 4) is 11.5 Å². The number of hydrazine groups is 1. The van der Waals surface area contributed by atoms with E-state index < -0.39 is 11.8 Å². The summed E-state index contributed by atoms with van der Waals surface area (Å²) < 4.78 is 10.8. The third kappa shape index (κ3) is 6.36. The molecule has 146 valence electrons. The molecule has 2 amide bonds. The summed E-state index contributed by atoms with van der Waals surface area (Å²) in [6.45, 7) is 0. The van der Waals surface area contributed by atoms with Crippen molar-refractivity contribution in [1.82, 2.24) is 16.2 Å². The molecule has 0 fully saturated rings. The first kappa shape index (κ1) is 21.4. The second kappa shape index (κ2) is 10.4. The smallest absolute Gasteiger partial charge is 0.269 e. The summed E-state index contributed by atoms with van der Waals surface area (Å²) in [5, 5.41) is 2.40. The number of halogens is 1. The lowest BCUT2D eigenvalue weighted by Crippen LogP contribution is -2.48. The molecule has 0 radical (unpaired) electrons. The van der Waals surface area contributed by atoms with Crippen LogP contribution in [0.2, 0.25) is 0 Å². The van der Waals surface area contributed by atoms with Gasteiger partial charge in [0.15, 0.2) is 5.11 Å². The van der Waals surface area contributed by atoms with Crippen molar-refractivity contribution in [2.45, 2.75) is 0 Å². The molecule has 2 rings (SSSR count). The molecular weight excluding hydrogens is 446 g/mol. The molecule has 2 aromatic rings. The lowest BCUT2D eigenvalue weighted by Gasteiger charge is -2.10. The van der Waals surface area contributed by atoms with E-state index in [0.717, 1.165) is 11.3 Å². The second-order valence-electron chi connectivity index (χ2n) is 5.35. The molecule has 2 aromatic carbocycles. The van der Waals surface area contributed by atoms with Crippen molar-refractivity contribution in [2.24, 2.45) is 0 Å². The number of rotatable bonds is 5. The number of nitrogens with one attached hydrogen (secondary N) is 3. The second-order valence-corrected chi connectivity index (χ2v) is 6.62. The maximum atomic E-state index is 12.1. The van der Waals surface area contributed by atoms with Crippen LogP contribution in [0.5, 0.6) is 11.5 Å². The van der Waals surface area contributed by atoms with Gasteiger partial charge in [0.1, 0.15) is 11.5 Å². The minimum Gasteiger partial charge on any atom is -0.497 e. The van der Waals surface area contributed by atoms with Crippen molar-refractivity contribution in [3.63, 3.8) is 0 Å². The molecule has 0 unspecified atom stereocenters. The summed E-state index contributed by atoms with van der Waals surface area (Å²) in [5.41, 5.74) is 6.10. The molecule has 0 aliphatic rings. The monoisotopic (exact) mass is 463 g/mol. The summed E-state index contributed by atoms with van der Waals surface area (Å²) in [4.78, 5) is 24.0. The first-order chi connectivity index (χ1) is 13.4. The van der Waals surface area contributed by atoms with E-state index in [1.165, 1.54) is 13.2 Å². The third-order valence-corrected chi connectivity index (χ3v) is 4.31. The van der Waals surface area contributed by atoms with Crippen molar-refractivity contribution in [3.05, 3.63) is 64.1 Å². The van der Waals surface area contributed by atoms with Crippen LogP contribution >= 0.6 is 28.1 Å². The highest BCUT2D eigenvalue weighted by Gasteiger charge is 2.09. The Morgan fingerprint density at radius 2 is 1.75 bits per heavy atom. The predicted molar refractivity (Wildman–Crippen MR) is 114 cm³/mol. The Hall–Kier alpha value is -2.91. The molecule has 28 heavy (non-hydrogen) atoms. The number of amides is 2. The number of thiocarbonyl (C=S) groups is 1. The summed E-state index contributed by atoms with van der Waals surface area (Å²) in [6, 6.07) is 12.1. The van der Waals surface area contributed by atoms with Gasteiger partial charge in [-0.2, -0.15) is 0 Å². The predicted octanol–water partition coefficient (Wildman–Crippen LogP) is 2.82. The Balaban J connectivity index is 1.82. The van der Waals surface area contributed by atoms with Gasteiger partial charge in [0.2, 0.25) is 5.91 Å². The number of hydrogen-bond donors (Lipinski definition) is 3. The molecule has 0 bridgehead atoms. The zero-order chi connectivity index (χ0) is 20.5. The fourth-order valence-corrected chi connectivity index (χ4v) is 2.76. The highest BCUT2D eigenvalue weighted by atomic mass is 79.9. The fourth-order valence-electron chi connectivity index (χ4n) is 2.07. The zero-order valence-electron chi connectivity index (χ0n) is 15.1. The molecule has 0 saturated carbocycles. The van der Waals surface area contributed by atoms with Gasteiger partial charge in [-0.05, 0) is 70.1 Å². The molecule has 0 aliphatic carbocycles. The van der Waals surface area contributed by atoms with E-state index in [0.29, 0.717) is 15.8 Å². The first-order valence-electron chi connectivity index (χ1n) is 8.00. The van der Waals surface area contributed by atoms with Gasteiger partial charge in [0.05, 0.1) is 18.7 Å². The van der Waals surface area contributed by atoms with Gasteiger partial charge >= 0.3 is 0 Å². The molecule has 0 aliphatic heterocycles. The molecule has 0 atom stereocenters. The van der Waals surface area contributed by atoms with Gasteiger partial charge in [0.25, 0.3) is 5.91 Å². The average Bonchev–Trinajstić information content (AvgIpc) is 2.70. The van der Waals surface area contributed by atoms with E-state index in [1.807, 2.05) is 12.1 Å². The fraction of sp³-hybridized carbons (Fsp3) is 0.105. The molecule has 7 nitrogen and oxygen atoms in total. The van der Waals surface area contributed by atoms with E-state index >= 15 is 0 Å². The quantitative estimate of drug-likeness (QED) is 0.359. The van der Waals surface area contributed by atoms with Crippen LogP contribution in [0.25, 0.3) is 6.08 Å². The molecule has 3 N–H and O–H groups in total. The van der Waals surface area contributed by atoms with Crippen LogP contribution in [0.15, 0.2) is 53.0 Å². The van der Waals surface area contributed by atoms with E-state index in [-0.39, 0.29) is 5.11 Å². The van der Waals surface area contributed by atoms with Crippen LogP contribution in [0.1, 0.15) is 15.9 Å². The number of carbonyl (C=O) groups excluding carboxylic acids is 2. The largest absolute Gasteiger partial charge is 0.497 e. The molecule has 0 aromatic heterocycles. The van der Waals surface area contributed by atoms with E-state index in [1.54, 1.807) is 43.5 Å². The normalized spacial score (nSPS) is 10.2. The van der Waals surface area contributed by atoms with Crippen LogP contribution in [0.3, 0.4) is 0 Å². The summed E-state index contributed by atoms with van der Waals surface area (Å²) in [6.07, 6.45) is 2.96. The topological polar surface area (TPSA) is 88.7 Å². The summed E-state index contributed by atoms with van der Waals surface area (Å²) >= 11 is 8.30. The minimum atomic E-state index is -0.435. The van der Waals surface area contributed by atoms with E-state index in [4.69, 9.17) is 21.7 Å². The molecule has 0 spiro atoms. The maximum Gasteiger partial charge on any atom is 0.269 e. The van der Waals surface area contributed by atoms with Gasteiger partial charge in [-0.3, -0.25) is 25.8 Å². The Morgan fingerprint density at radius 1 is 1.04 bits per heavy atom. The molecule has 0 saturated heterocycles. The third-order valence-electron chi connectivity index (χ3n) is 3.48.